The summed E-state index contributed by atoms with van der Waals surface area (Å²) in [6.07, 6.45) is 16.6. The fraction of sp³-hybridized carbons (Fsp3) is 0.900. The molecule has 1 fully saturated rings. The Labute approximate surface area is 143 Å². The molecule has 1 rings (SSSR count). The number of carbonyl (C=O) groups is 1. The van der Waals surface area contributed by atoms with Gasteiger partial charge in [-0.3, -0.25) is 4.79 Å². The van der Waals surface area contributed by atoms with Gasteiger partial charge in [0.1, 0.15) is 5.41 Å². The first-order valence-electron chi connectivity index (χ1n) is 9.87. The van der Waals surface area contributed by atoms with Gasteiger partial charge in [0, 0.05) is 6.54 Å². The summed E-state index contributed by atoms with van der Waals surface area (Å²) in [5.41, 5.74) is -0.697. The van der Waals surface area contributed by atoms with Crippen molar-refractivity contribution in [3.05, 3.63) is 0 Å². The number of carbonyl (C=O) groups excluding carboxylic acids is 1. The molecule has 0 aromatic carbocycles. The molecule has 3 nitrogen and oxygen atoms in total. The highest BCUT2D eigenvalue weighted by atomic mass is 16.2. The Morgan fingerprint density at radius 3 is 1.83 bits per heavy atom. The molecule has 1 aliphatic rings. The molecular weight excluding hydrogens is 284 g/mol. The van der Waals surface area contributed by atoms with E-state index in [0.717, 1.165) is 19.4 Å². The molecule has 1 saturated carbocycles. The summed E-state index contributed by atoms with van der Waals surface area (Å²) >= 11 is 0. The molecule has 23 heavy (non-hydrogen) atoms. The lowest BCUT2D eigenvalue weighted by molar-refractivity contribution is -0.124. The first kappa shape index (κ1) is 20.0. The van der Waals surface area contributed by atoms with Gasteiger partial charge in [-0.05, 0) is 18.8 Å². The Kier molecular flexibility index (Phi) is 9.99. The lowest BCUT2D eigenvalue weighted by Crippen LogP contribution is -2.32. The lowest BCUT2D eigenvalue weighted by atomic mass is 10.0. The summed E-state index contributed by atoms with van der Waals surface area (Å²) in [5, 5.41) is 12.0. The maximum absolute atomic E-state index is 11.9. The smallest absolute Gasteiger partial charge is 0.240 e. The fourth-order valence-corrected chi connectivity index (χ4v) is 3.27. The summed E-state index contributed by atoms with van der Waals surface area (Å²) < 4.78 is 0. The summed E-state index contributed by atoms with van der Waals surface area (Å²) in [6, 6.07) is 2.19. The molecule has 1 aliphatic carbocycles. The van der Waals surface area contributed by atoms with Crippen LogP contribution in [0.15, 0.2) is 0 Å². The zero-order chi connectivity index (χ0) is 17.0. The molecule has 0 radical (unpaired) electrons. The molecule has 2 atom stereocenters. The molecule has 0 aliphatic heterocycles. The van der Waals surface area contributed by atoms with Crippen molar-refractivity contribution in [3.8, 4) is 6.07 Å². The van der Waals surface area contributed by atoms with Crippen LogP contribution in [0.2, 0.25) is 0 Å². The van der Waals surface area contributed by atoms with Gasteiger partial charge in [0.25, 0.3) is 0 Å². The number of amides is 1. The van der Waals surface area contributed by atoms with Crippen molar-refractivity contribution < 1.29 is 4.79 Å². The van der Waals surface area contributed by atoms with E-state index in [2.05, 4.69) is 18.3 Å². The van der Waals surface area contributed by atoms with Crippen molar-refractivity contribution in [3.63, 3.8) is 0 Å². The van der Waals surface area contributed by atoms with Crippen LogP contribution in [0.25, 0.3) is 0 Å². The monoisotopic (exact) mass is 320 g/mol. The van der Waals surface area contributed by atoms with Crippen LogP contribution in [0.3, 0.4) is 0 Å². The van der Waals surface area contributed by atoms with Gasteiger partial charge in [0.2, 0.25) is 5.91 Å². The topological polar surface area (TPSA) is 52.9 Å². The van der Waals surface area contributed by atoms with E-state index in [1.165, 1.54) is 70.6 Å². The van der Waals surface area contributed by atoms with Gasteiger partial charge in [0.05, 0.1) is 6.07 Å². The molecular formula is C20H36N2O. The van der Waals surface area contributed by atoms with Crippen molar-refractivity contribution in [1.29, 1.82) is 5.26 Å². The molecule has 0 aromatic heterocycles. The van der Waals surface area contributed by atoms with E-state index < -0.39 is 5.41 Å². The van der Waals surface area contributed by atoms with Gasteiger partial charge >= 0.3 is 0 Å². The molecule has 0 saturated heterocycles. The minimum Gasteiger partial charge on any atom is -0.355 e. The molecule has 0 spiro atoms. The standard InChI is InChI=1S/C20H36N2O/c1-3-4-5-6-7-8-9-10-11-12-13-14-15-22-19(23)20(17-21)16-18(20)2/h18H,3-16H2,1-2H3,(H,22,23)/t18-,20+/m0/s1. The van der Waals surface area contributed by atoms with E-state index in [-0.39, 0.29) is 11.8 Å². The number of nitrogens with zero attached hydrogens (tertiary/aromatic N) is 1. The van der Waals surface area contributed by atoms with Gasteiger partial charge in [-0.15, -0.1) is 0 Å². The Morgan fingerprint density at radius 2 is 1.43 bits per heavy atom. The predicted octanol–water partition coefficient (Wildman–Crippen LogP) is 5.35. The molecule has 1 N–H and O–H groups in total. The van der Waals surface area contributed by atoms with E-state index >= 15 is 0 Å². The van der Waals surface area contributed by atoms with Crippen LogP contribution in [-0.4, -0.2) is 12.5 Å². The Hall–Kier alpha value is -1.04. The molecule has 1 amide bonds. The van der Waals surface area contributed by atoms with Crippen LogP contribution in [0.1, 0.15) is 97.3 Å². The van der Waals surface area contributed by atoms with Gasteiger partial charge < -0.3 is 5.32 Å². The number of nitrogens with one attached hydrogen (secondary N) is 1. The second-order valence-corrected chi connectivity index (χ2v) is 7.33. The van der Waals surface area contributed by atoms with Gasteiger partial charge in [-0.25, -0.2) is 0 Å². The number of unbranched alkanes of at least 4 members (excludes halogenated alkanes) is 11. The number of rotatable bonds is 14. The zero-order valence-electron chi connectivity index (χ0n) is 15.3. The van der Waals surface area contributed by atoms with Gasteiger partial charge in [0.15, 0.2) is 0 Å². The van der Waals surface area contributed by atoms with Crippen LogP contribution < -0.4 is 5.32 Å². The van der Waals surface area contributed by atoms with Gasteiger partial charge in [-0.1, -0.05) is 84.5 Å². The molecule has 0 unspecified atom stereocenters. The normalized spacial score (nSPS) is 22.6. The Balaban J connectivity index is 1.82. The van der Waals surface area contributed by atoms with Gasteiger partial charge in [-0.2, -0.15) is 5.26 Å². The van der Waals surface area contributed by atoms with Crippen molar-refractivity contribution in [2.75, 3.05) is 6.54 Å². The van der Waals surface area contributed by atoms with E-state index in [1.807, 2.05) is 6.92 Å². The van der Waals surface area contributed by atoms with E-state index in [9.17, 15) is 4.79 Å². The third-order valence-electron chi connectivity index (χ3n) is 5.23. The van der Waals surface area contributed by atoms with Crippen molar-refractivity contribution in [2.45, 2.75) is 97.3 Å². The van der Waals surface area contributed by atoms with Crippen LogP contribution in [0.5, 0.6) is 0 Å². The third-order valence-corrected chi connectivity index (χ3v) is 5.23. The Morgan fingerprint density at radius 1 is 1.00 bits per heavy atom. The first-order chi connectivity index (χ1) is 11.2. The average Bonchev–Trinajstić information content (AvgIpc) is 3.23. The third kappa shape index (κ3) is 7.38. The predicted molar refractivity (Wildman–Crippen MR) is 95.9 cm³/mol. The maximum atomic E-state index is 11.9. The maximum Gasteiger partial charge on any atom is 0.240 e. The second kappa shape index (κ2) is 11.5. The van der Waals surface area contributed by atoms with E-state index in [1.54, 1.807) is 0 Å². The highest BCUT2D eigenvalue weighted by molar-refractivity contribution is 5.88. The SMILES string of the molecule is CCCCCCCCCCCCCCNC(=O)[C@@]1(C#N)C[C@@H]1C. The van der Waals surface area contributed by atoms with Crippen LogP contribution in [0, 0.1) is 22.7 Å². The van der Waals surface area contributed by atoms with Crippen molar-refractivity contribution in [2.24, 2.45) is 11.3 Å². The van der Waals surface area contributed by atoms with Crippen LogP contribution in [-0.2, 0) is 4.79 Å². The minimum absolute atomic E-state index is 0.0458. The molecule has 132 valence electrons. The molecule has 0 heterocycles. The van der Waals surface area contributed by atoms with E-state index in [4.69, 9.17) is 5.26 Å². The highest BCUT2D eigenvalue weighted by Gasteiger charge is 2.58. The largest absolute Gasteiger partial charge is 0.355 e. The zero-order valence-corrected chi connectivity index (χ0v) is 15.3. The van der Waals surface area contributed by atoms with Crippen molar-refractivity contribution >= 4 is 5.91 Å². The lowest BCUT2D eigenvalue weighted by Gasteiger charge is -2.09. The quantitative estimate of drug-likeness (QED) is 0.438. The van der Waals surface area contributed by atoms with Crippen LogP contribution >= 0.6 is 0 Å². The Bertz CT molecular complexity index is 374. The molecule has 3 heteroatoms. The average molecular weight is 321 g/mol. The summed E-state index contributed by atoms with van der Waals surface area (Å²) in [5.74, 6) is 0.185. The molecule has 0 aromatic rings. The molecule has 0 bridgehead atoms. The first-order valence-corrected chi connectivity index (χ1v) is 9.87. The number of hydrogen-bond donors (Lipinski definition) is 1. The number of hydrogen-bond acceptors (Lipinski definition) is 2. The van der Waals surface area contributed by atoms with Crippen molar-refractivity contribution in [1.82, 2.24) is 5.32 Å². The van der Waals surface area contributed by atoms with Crippen LogP contribution in [0.4, 0.5) is 0 Å². The van der Waals surface area contributed by atoms with E-state index in [0.29, 0.717) is 0 Å². The fourth-order valence-electron chi connectivity index (χ4n) is 3.27. The second-order valence-electron chi connectivity index (χ2n) is 7.33. The minimum atomic E-state index is -0.697. The summed E-state index contributed by atoms with van der Waals surface area (Å²) in [6.45, 7) is 4.97. The summed E-state index contributed by atoms with van der Waals surface area (Å²) in [4.78, 5) is 11.9. The summed E-state index contributed by atoms with van der Waals surface area (Å²) in [7, 11) is 0. The highest BCUT2D eigenvalue weighted by Crippen LogP contribution is 2.51. The number of nitriles is 1.